The summed E-state index contributed by atoms with van der Waals surface area (Å²) in [4.78, 5) is 17.1. The van der Waals surface area contributed by atoms with Gasteiger partial charge >= 0.3 is 0 Å². The predicted molar refractivity (Wildman–Crippen MR) is 69.4 cm³/mol. The van der Waals surface area contributed by atoms with Crippen molar-refractivity contribution in [1.82, 2.24) is 9.88 Å². The second-order valence-electron chi connectivity index (χ2n) is 5.37. The Balaban J connectivity index is 1.81. The van der Waals surface area contributed by atoms with Gasteiger partial charge in [-0.05, 0) is 45.7 Å². The zero-order valence-electron chi connectivity index (χ0n) is 11.3. The summed E-state index contributed by atoms with van der Waals surface area (Å²) in [6, 6.07) is 0.645. The number of carbonyl (C=O) groups is 1. The molecule has 0 atom stereocenters. The first-order chi connectivity index (χ1) is 8.69. The van der Waals surface area contributed by atoms with Crippen molar-refractivity contribution in [2.45, 2.75) is 45.6 Å². The minimum absolute atomic E-state index is 0.332. The molecule has 1 fully saturated rings. The van der Waals surface area contributed by atoms with Crippen LogP contribution >= 0.6 is 0 Å². The molecule has 0 bridgehead atoms. The molecule has 1 aliphatic rings. The quantitative estimate of drug-likeness (QED) is 0.751. The van der Waals surface area contributed by atoms with E-state index in [9.17, 15) is 4.79 Å². The fourth-order valence-corrected chi connectivity index (χ4v) is 2.54. The van der Waals surface area contributed by atoms with Crippen LogP contribution in [-0.2, 0) is 17.6 Å². The Labute approximate surface area is 108 Å². The van der Waals surface area contributed by atoms with Crippen LogP contribution in [0.15, 0.2) is 10.6 Å². The van der Waals surface area contributed by atoms with Gasteiger partial charge < -0.3 is 14.1 Å². The van der Waals surface area contributed by atoms with E-state index >= 15 is 0 Å². The zero-order chi connectivity index (χ0) is 13.0. The van der Waals surface area contributed by atoms with Gasteiger partial charge in [0, 0.05) is 12.5 Å². The van der Waals surface area contributed by atoms with E-state index in [1.54, 1.807) is 6.20 Å². The SMILES string of the molecule is CC(C)N1CCC(Cc2ncc(CC=O)o2)CC1. The van der Waals surface area contributed by atoms with Crippen molar-refractivity contribution in [2.75, 3.05) is 13.1 Å². The van der Waals surface area contributed by atoms with E-state index in [1.165, 1.54) is 25.9 Å². The van der Waals surface area contributed by atoms with Gasteiger partial charge in [-0.1, -0.05) is 0 Å². The number of likely N-dealkylation sites (tertiary alicyclic amines) is 1. The molecule has 2 heterocycles. The number of hydrogen-bond acceptors (Lipinski definition) is 4. The third-order valence-electron chi connectivity index (χ3n) is 3.73. The molecule has 4 heteroatoms. The lowest BCUT2D eigenvalue weighted by Crippen LogP contribution is -2.38. The van der Waals surface area contributed by atoms with Crippen molar-refractivity contribution in [2.24, 2.45) is 5.92 Å². The minimum atomic E-state index is 0.332. The normalized spacial score (nSPS) is 18.4. The Morgan fingerprint density at radius 2 is 2.22 bits per heavy atom. The first kappa shape index (κ1) is 13.3. The summed E-state index contributed by atoms with van der Waals surface area (Å²) in [6.45, 7) is 6.84. The topological polar surface area (TPSA) is 46.3 Å². The number of carbonyl (C=O) groups excluding carboxylic acids is 1. The van der Waals surface area contributed by atoms with Gasteiger partial charge in [0.25, 0.3) is 0 Å². The molecular weight excluding hydrogens is 228 g/mol. The monoisotopic (exact) mass is 250 g/mol. The fraction of sp³-hybridized carbons (Fsp3) is 0.714. The highest BCUT2D eigenvalue weighted by molar-refractivity contribution is 5.52. The van der Waals surface area contributed by atoms with E-state index in [2.05, 4.69) is 23.7 Å². The lowest BCUT2D eigenvalue weighted by atomic mass is 9.93. The number of piperidine rings is 1. The molecule has 1 aromatic heterocycles. The average Bonchev–Trinajstić information content (AvgIpc) is 2.78. The number of nitrogens with zero attached hydrogens (tertiary/aromatic N) is 2. The molecule has 0 radical (unpaired) electrons. The molecule has 2 rings (SSSR count). The van der Waals surface area contributed by atoms with Crippen LogP contribution in [0.5, 0.6) is 0 Å². The second-order valence-corrected chi connectivity index (χ2v) is 5.37. The number of rotatable bonds is 5. The molecule has 0 saturated carbocycles. The van der Waals surface area contributed by atoms with Crippen LogP contribution in [0.2, 0.25) is 0 Å². The molecule has 100 valence electrons. The Hall–Kier alpha value is -1.16. The third-order valence-corrected chi connectivity index (χ3v) is 3.73. The van der Waals surface area contributed by atoms with Gasteiger partial charge in [-0.2, -0.15) is 0 Å². The highest BCUT2D eigenvalue weighted by Gasteiger charge is 2.22. The van der Waals surface area contributed by atoms with Gasteiger partial charge in [0.1, 0.15) is 12.0 Å². The molecular formula is C14H22N2O2. The maximum absolute atomic E-state index is 10.4. The van der Waals surface area contributed by atoms with Gasteiger partial charge in [0.15, 0.2) is 5.89 Å². The van der Waals surface area contributed by atoms with Crippen LogP contribution in [0, 0.1) is 5.92 Å². The smallest absolute Gasteiger partial charge is 0.194 e. The molecule has 0 amide bonds. The van der Waals surface area contributed by atoms with E-state index in [0.717, 1.165) is 18.6 Å². The highest BCUT2D eigenvalue weighted by atomic mass is 16.4. The summed E-state index contributed by atoms with van der Waals surface area (Å²) >= 11 is 0. The minimum Gasteiger partial charge on any atom is -0.445 e. The van der Waals surface area contributed by atoms with E-state index in [-0.39, 0.29) is 0 Å². The summed E-state index contributed by atoms with van der Waals surface area (Å²) in [7, 11) is 0. The van der Waals surface area contributed by atoms with Crippen molar-refractivity contribution in [3.8, 4) is 0 Å². The fourth-order valence-electron chi connectivity index (χ4n) is 2.54. The Morgan fingerprint density at radius 1 is 1.50 bits per heavy atom. The van der Waals surface area contributed by atoms with Gasteiger partial charge in [-0.3, -0.25) is 0 Å². The average molecular weight is 250 g/mol. The standard InChI is InChI=1S/C14H22N2O2/c1-11(2)16-6-3-12(4-7-16)9-14-15-10-13(18-14)5-8-17/h8,10-12H,3-7,9H2,1-2H3. The first-order valence-corrected chi connectivity index (χ1v) is 6.80. The van der Waals surface area contributed by atoms with E-state index < -0.39 is 0 Å². The van der Waals surface area contributed by atoms with Gasteiger partial charge in [-0.25, -0.2) is 4.98 Å². The Bertz CT molecular complexity index is 379. The van der Waals surface area contributed by atoms with Gasteiger partial charge in [0.2, 0.25) is 0 Å². The molecule has 18 heavy (non-hydrogen) atoms. The summed E-state index contributed by atoms with van der Waals surface area (Å²) < 4.78 is 5.55. The van der Waals surface area contributed by atoms with Crippen molar-refractivity contribution < 1.29 is 9.21 Å². The maximum Gasteiger partial charge on any atom is 0.194 e. The maximum atomic E-state index is 10.4. The van der Waals surface area contributed by atoms with E-state index in [0.29, 0.717) is 24.1 Å². The summed E-state index contributed by atoms with van der Waals surface area (Å²) in [5.74, 6) is 2.14. The molecule has 1 aliphatic heterocycles. The lowest BCUT2D eigenvalue weighted by molar-refractivity contribution is -0.107. The van der Waals surface area contributed by atoms with Gasteiger partial charge in [0.05, 0.1) is 12.6 Å². The third kappa shape index (κ3) is 3.42. The zero-order valence-corrected chi connectivity index (χ0v) is 11.3. The molecule has 0 aromatic carbocycles. The van der Waals surface area contributed by atoms with Crippen LogP contribution in [0.3, 0.4) is 0 Å². The second kappa shape index (κ2) is 6.14. The van der Waals surface area contributed by atoms with Crippen molar-refractivity contribution in [1.29, 1.82) is 0 Å². The van der Waals surface area contributed by atoms with Crippen molar-refractivity contribution in [3.05, 3.63) is 17.8 Å². The lowest BCUT2D eigenvalue weighted by Gasteiger charge is -2.34. The van der Waals surface area contributed by atoms with E-state index in [4.69, 9.17) is 4.42 Å². The van der Waals surface area contributed by atoms with Crippen molar-refractivity contribution in [3.63, 3.8) is 0 Å². The number of aldehydes is 1. The van der Waals surface area contributed by atoms with Crippen LogP contribution < -0.4 is 0 Å². The molecule has 1 aromatic rings. The highest BCUT2D eigenvalue weighted by Crippen LogP contribution is 2.22. The predicted octanol–water partition coefficient (Wildman–Crippen LogP) is 2.08. The van der Waals surface area contributed by atoms with Crippen molar-refractivity contribution >= 4 is 6.29 Å². The molecule has 4 nitrogen and oxygen atoms in total. The first-order valence-electron chi connectivity index (χ1n) is 6.80. The molecule has 0 aliphatic carbocycles. The summed E-state index contributed by atoms with van der Waals surface area (Å²) in [5, 5.41) is 0. The van der Waals surface area contributed by atoms with Crippen LogP contribution in [0.25, 0.3) is 0 Å². The molecule has 0 unspecified atom stereocenters. The van der Waals surface area contributed by atoms with E-state index in [1.807, 2.05) is 0 Å². The number of aromatic nitrogens is 1. The van der Waals surface area contributed by atoms with Crippen LogP contribution in [-0.4, -0.2) is 35.3 Å². The van der Waals surface area contributed by atoms with Gasteiger partial charge in [-0.15, -0.1) is 0 Å². The Kier molecular flexibility index (Phi) is 4.53. The number of hydrogen-bond donors (Lipinski definition) is 0. The molecule has 1 saturated heterocycles. The molecule has 0 N–H and O–H groups in total. The largest absolute Gasteiger partial charge is 0.445 e. The molecule has 0 spiro atoms. The van der Waals surface area contributed by atoms with Crippen LogP contribution in [0.4, 0.5) is 0 Å². The Morgan fingerprint density at radius 3 is 2.83 bits per heavy atom. The van der Waals surface area contributed by atoms with Crippen LogP contribution in [0.1, 0.15) is 38.3 Å². The summed E-state index contributed by atoms with van der Waals surface area (Å²) in [5.41, 5.74) is 0. The summed E-state index contributed by atoms with van der Waals surface area (Å²) in [6.07, 6.45) is 6.19. The number of oxazole rings is 1.